The summed E-state index contributed by atoms with van der Waals surface area (Å²) in [5, 5.41) is 0. The van der Waals surface area contributed by atoms with E-state index < -0.39 is 5.60 Å². The Hall–Kier alpha value is -2.61. The average molecular weight is 500 g/mol. The van der Waals surface area contributed by atoms with Crippen LogP contribution in [0.4, 0.5) is 4.79 Å². The number of benzene rings is 1. The van der Waals surface area contributed by atoms with E-state index in [-0.39, 0.29) is 29.7 Å². The zero-order chi connectivity index (χ0) is 25.7. The Morgan fingerprint density at radius 3 is 2.28 bits per heavy atom. The van der Waals surface area contributed by atoms with E-state index in [0.29, 0.717) is 19.6 Å². The smallest absolute Gasteiger partial charge is 0.410 e. The lowest BCUT2D eigenvalue weighted by molar-refractivity contribution is -0.134. The first kappa shape index (κ1) is 26.5. The van der Waals surface area contributed by atoms with Crippen molar-refractivity contribution in [2.24, 2.45) is 5.92 Å². The average Bonchev–Trinajstić information content (AvgIpc) is 3.59. The van der Waals surface area contributed by atoms with Crippen LogP contribution in [0.2, 0.25) is 0 Å². The summed E-state index contributed by atoms with van der Waals surface area (Å²) in [5.74, 6) is 1.41. The topological polar surface area (TPSA) is 79.4 Å². The van der Waals surface area contributed by atoms with Crippen LogP contribution in [-0.2, 0) is 9.53 Å². The number of piperazine rings is 1. The molecule has 1 saturated carbocycles. The molecule has 1 atom stereocenters. The lowest BCUT2D eigenvalue weighted by Crippen LogP contribution is -2.50. The van der Waals surface area contributed by atoms with Crippen molar-refractivity contribution < 1.29 is 23.9 Å². The molecule has 0 bridgehead atoms. The highest BCUT2D eigenvalue weighted by atomic mass is 16.6. The first-order valence-corrected chi connectivity index (χ1v) is 13.5. The minimum Gasteiger partial charge on any atom is -0.494 e. The van der Waals surface area contributed by atoms with Crippen LogP contribution >= 0.6 is 0 Å². The minimum atomic E-state index is -0.532. The molecule has 8 nitrogen and oxygen atoms in total. The zero-order valence-corrected chi connectivity index (χ0v) is 22.0. The molecule has 1 aliphatic carbocycles. The van der Waals surface area contributed by atoms with Gasteiger partial charge in [-0.05, 0) is 77.1 Å². The van der Waals surface area contributed by atoms with Gasteiger partial charge >= 0.3 is 6.09 Å². The SMILES string of the molecule is CC(C)(C)OC(=O)N1CCC[C@@H]1CC(=O)N1CCN(CCCOc2ccc(C(=O)C3CC3)cc2)CC1. The highest BCUT2D eigenvalue weighted by Gasteiger charge is 2.35. The van der Waals surface area contributed by atoms with Gasteiger partial charge in [0.25, 0.3) is 0 Å². The number of ether oxygens (including phenoxy) is 2. The Kier molecular flexibility index (Phi) is 8.54. The standard InChI is InChI=1S/C28H41N3O5/c1-28(2,3)36-27(34)31-14-4-6-23(31)20-25(32)30-17-15-29(16-18-30)13-5-19-35-24-11-9-22(10-12-24)26(33)21-7-8-21/h9-12,21,23H,4-8,13-20H2,1-3H3/t23-/m1/s1. The van der Waals surface area contributed by atoms with E-state index in [1.165, 1.54) is 0 Å². The number of carbonyl (C=O) groups excluding carboxylic acids is 3. The molecule has 4 rings (SSSR count). The molecule has 1 aromatic rings. The molecule has 0 radical (unpaired) electrons. The molecule has 3 aliphatic rings. The second kappa shape index (κ2) is 11.6. The van der Waals surface area contributed by atoms with Crippen molar-refractivity contribution in [3.8, 4) is 5.75 Å². The Morgan fingerprint density at radius 1 is 0.944 bits per heavy atom. The minimum absolute atomic E-state index is 0.0663. The number of amides is 2. The van der Waals surface area contributed by atoms with Crippen LogP contribution in [-0.4, -0.2) is 90.0 Å². The van der Waals surface area contributed by atoms with Crippen molar-refractivity contribution >= 4 is 17.8 Å². The van der Waals surface area contributed by atoms with Crippen LogP contribution in [0.3, 0.4) is 0 Å². The van der Waals surface area contributed by atoms with Crippen LogP contribution in [0.15, 0.2) is 24.3 Å². The summed E-state index contributed by atoms with van der Waals surface area (Å²) >= 11 is 0. The maximum absolute atomic E-state index is 12.9. The number of nitrogens with zero attached hydrogens (tertiary/aromatic N) is 3. The first-order chi connectivity index (χ1) is 17.2. The Bertz CT molecular complexity index is 914. The lowest BCUT2D eigenvalue weighted by Gasteiger charge is -2.36. The monoisotopic (exact) mass is 499 g/mol. The highest BCUT2D eigenvalue weighted by molar-refractivity contribution is 5.99. The van der Waals surface area contributed by atoms with E-state index in [1.807, 2.05) is 49.9 Å². The quantitative estimate of drug-likeness (QED) is 0.378. The fourth-order valence-corrected chi connectivity index (χ4v) is 4.94. The number of hydrogen-bond donors (Lipinski definition) is 0. The second-order valence-electron chi connectivity index (χ2n) is 11.3. The van der Waals surface area contributed by atoms with Crippen molar-refractivity contribution in [2.45, 2.75) is 70.9 Å². The zero-order valence-electron chi connectivity index (χ0n) is 22.0. The number of ketones is 1. The molecule has 198 valence electrons. The third kappa shape index (κ3) is 7.45. The Labute approximate surface area is 214 Å². The van der Waals surface area contributed by atoms with E-state index in [9.17, 15) is 14.4 Å². The van der Waals surface area contributed by atoms with Crippen LogP contribution in [0.25, 0.3) is 0 Å². The molecule has 0 unspecified atom stereocenters. The molecule has 2 saturated heterocycles. The van der Waals surface area contributed by atoms with Gasteiger partial charge in [-0.1, -0.05) is 0 Å². The molecular weight excluding hydrogens is 458 g/mol. The van der Waals surface area contributed by atoms with E-state index in [4.69, 9.17) is 9.47 Å². The third-order valence-corrected chi connectivity index (χ3v) is 7.11. The van der Waals surface area contributed by atoms with E-state index in [1.54, 1.807) is 4.90 Å². The fourth-order valence-electron chi connectivity index (χ4n) is 4.94. The van der Waals surface area contributed by atoms with E-state index in [2.05, 4.69) is 4.90 Å². The van der Waals surface area contributed by atoms with Crippen LogP contribution < -0.4 is 4.74 Å². The molecule has 2 heterocycles. The predicted molar refractivity (Wildman–Crippen MR) is 137 cm³/mol. The molecule has 2 amide bonds. The summed E-state index contributed by atoms with van der Waals surface area (Å²) in [7, 11) is 0. The molecule has 0 spiro atoms. The van der Waals surface area contributed by atoms with Crippen molar-refractivity contribution in [2.75, 3.05) is 45.9 Å². The Morgan fingerprint density at radius 2 is 1.64 bits per heavy atom. The summed E-state index contributed by atoms with van der Waals surface area (Å²) in [6.07, 6.45) is 4.77. The first-order valence-electron chi connectivity index (χ1n) is 13.5. The highest BCUT2D eigenvalue weighted by Crippen LogP contribution is 2.33. The van der Waals surface area contributed by atoms with Gasteiger partial charge < -0.3 is 19.3 Å². The molecule has 0 N–H and O–H groups in total. The summed E-state index contributed by atoms with van der Waals surface area (Å²) in [5.41, 5.74) is 0.249. The van der Waals surface area contributed by atoms with Crippen LogP contribution in [0.1, 0.15) is 69.7 Å². The van der Waals surface area contributed by atoms with Crippen LogP contribution in [0.5, 0.6) is 5.75 Å². The van der Waals surface area contributed by atoms with Gasteiger partial charge in [0.15, 0.2) is 5.78 Å². The third-order valence-electron chi connectivity index (χ3n) is 7.11. The largest absolute Gasteiger partial charge is 0.494 e. The maximum atomic E-state index is 12.9. The lowest BCUT2D eigenvalue weighted by atomic mass is 10.1. The number of Topliss-reactive ketones (excluding diaryl/α,β-unsaturated/α-hetero) is 1. The molecule has 1 aromatic carbocycles. The predicted octanol–water partition coefficient (Wildman–Crippen LogP) is 3.98. The van der Waals surface area contributed by atoms with Gasteiger partial charge in [-0.2, -0.15) is 0 Å². The number of hydrogen-bond acceptors (Lipinski definition) is 6. The van der Waals surface area contributed by atoms with Gasteiger partial charge in [0.05, 0.1) is 6.61 Å². The second-order valence-corrected chi connectivity index (χ2v) is 11.3. The van der Waals surface area contributed by atoms with Gasteiger partial charge in [0, 0.05) is 63.2 Å². The van der Waals surface area contributed by atoms with Gasteiger partial charge in [0.1, 0.15) is 11.4 Å². The van der Waals surface area contributed by atoms with Crippen molar-refractivity contribution in [3.05, 3.63) is 29.8 Å². The molecular formula is C28H41N3O5. The number of likely N-dealkylation sites (tertiary alicyclic amines) is 1. The van der Waals surface area contributed by atoms with E-state index >= 15 is 0 Å². The number of carbonyl (C=O) groups is 3. The molecule has 0 aromatic heterocycles. The van der Waals surface area contributed by atoms with Gasteiger partial charge in [0.2, 0.25) is 5.91 Å². The molecule has 3 fully saturated rings. The fraction of sp³-hybridized carbons (Fsp3) is 0.679. The van der Waals surface area contributed by atoms with E-state index in [0.717, 1.165) is 76.1 Å². The molecule has 36 heavy (non-hydrogen) atoms. The Balaban J connectivity index is 1.12. The normalized spacial score (nSPS) is 20.9. The summed E-state index contributed by atoms with van der Waals surface area (Å²) in [6, 6.07) is 7.43. The van der Waals surface area contributed by atoms with Crippen molar-refractivity contribution in [3.63, 3.8) is 0 Å². The van der Waals surface area contributed by atoms with Gasteiger partial charge in [-0.3, -0.25) is 14.5 Å². The molecule has 2 aliphatic heterocycles. The molecule has 8 heteroatoms. The number of rotatable bonds is 9. The summed E-state index contributed by atoms with van der Waals surface area (Å²) in [4.78, 5) is 43.6. The summed E-state index contributed by atoms with van der Waals surface area (Å²) in [6.45, 7) is 10.9. The van der Waals surface area contributed by atoms with Crippen LogP contribution in [0, 0.1) is 5.92 Å². The maximum Gasteiger partial charge on any atom is 0.410 e. The van der Waals surface area contributed by atoms with Gasteiger partial charge in [-0.15, -0.1) is 0 Å². The van der Waals surface area contributed by atoms with Crippen molar-refractivity contribution in [1.29, 1.82) is 0 Å². The summed E-state index contributed by atoms with van der Waals surface area (Å²) < 4.78 is 11.4. The van der Waals surface area contributed by atoms with Gasteiger partial charge in [-0.25, -0.2) is 4.79 Å². The van der Waals surface area contributed by atoms with Crippen molar-refractivity contribution in [1.82, 2.24) is 14.7 Å².